The Morgan fingerprint density at radius 3 is 2.57 bits per heavy atom. The third kappa shape index (κ3) is 4.00. The van der Waals surface area contributed by atoms with E-state index < -0.39 is 0 Å². The number of aryl methyl sites for hydroxylation is 1. The maximum absolute atomic E-state index is 12.0. The molecular formula is C14H22N4O2S. The zero-order chi connectivity index (χ0) is 15.4. The predicted molar refractivity (Wildman–Crippen MR) is 81.1 cm³/mol. The summed E-state index contributed by atoms with van der Waals surface area (Å²) in [5.74, 6) is 0.626. The van der Waals surface area contributed by atoms with Crippen LogP contribution in [0.25, 0.3) is 0 Å². The number of hydrogen-bond donors (Lipinski definition) is 1. The number of piperidine rings is 1. The standard InChI is InChI=1S/C14H22N4O2S/c1-9(2)14(20)18-6-4-11(5-7-18)8-15-13(19)12-10(3)16-17-21-12/h9,11H,4-8H2,1-3H3,(H,15,19). The monoisotopic (exact) mass is 310 g/mol. The SMILES string of the molecule is Cc1nnsc1C(=O)NCC1CCN(C(=O)C(C)C)CC1. The van der Waals surface area contributed by atoms with Crippen molar-refractivity contribution in [3.05, 3.63) is 10.6 Å². The largest absolute Gasteiger partial charge is 0.351 e. The van der Waals surface area contributed by atoms with Crippen molar-refractivity contribution in [3.8, 4) is 0 Å². The molecule has 2 heterocycles. The van der Waals surface area contributed by atoms with Gasteiger partial charge in [-0.05, 0) is 37.2 Å². The first kappa shape index (κ1) is 15.9. The Kier molecular flexibility index (Phi) is 5.27. The smallest absolute Gasteiger partial charge is 0.264 e. The fraction of sp³-hybridized carbons (Fsp3) is 0.714. The van der Waals surface area contributed by atoms with Gasteiger partial charge < -0.3 is 10.2 Å². The molecule has 0 atom stereocenters. The van der Waals surface area contributed by atoms with Crippen molar-refractivity contribution in [1.29, 1.82) is 0 Å². The first-order valence-electron chi connectivity index (χ1n) is 7.35. The number of amides is 2. The number of hydrogen-bond acceptors (Lipinski definition) is 5. The van der Waals surface area contributed by atoms with Crippen LogP contribution in [0.5, 0.6) is 0 Å². The molecule has 0 radical (unpaired) electrons. The van der Waals surface area contributed by atoms with Crippen molar-refractivity contribution in [2.45, 2.75) is 33.6 Å². The zero-order valence-electron chi connectivity index (χ0n) is 12.8. The van der Waals surface area contributed by atoms with E-state index in [2.05, 4.69) is 14.9 Å². The predicted octanol–water partition coefficient (Wildman–Crippen LogP) is 1.47. The van der Waals surface area contributed by atoms with Crippen LogP contribution >= 0.6 is 11.5 Å². The molecule has 0 spiro atoms. The van der Waals surface area contributed by atoms with Crippen LogP contribution in [0.15, 0.2) is 0 Å². The Morgan fingerprint density at radius 1 is 1.38 bits per heavy atom. The van der Waals surface area contributed by atoms with E-state index in [0.717, 1.165) is 37.5 Å². The van der Waals surface area contributed by atoms with Gasteiger partial charge in [-0.15, -0.1) is 5.10 Å². The van der Waals surface area contributed by atoms with Crippen molar-refractivity contribution >= 4 is 23.3 Å². The van der Waals surface area contributed by atoms with Gasteiger partial charge in [0.15, 0.2) is 0 Å². The van der Waals surface area contributed by atoms with Crippen molar-refractivity contribution in [1.82, 2.24) is 19.8 Å². The Morgan fingerprint density at radius 2 is 2.05 bits per heavy atom. The lowest BCUT2D eigenvalue weighted by Crippen LogP contribution is -2.43. The minimum Gasteiger partial charge on any atom is -0.351 e. The molecule has 1 aromatic heterocycles. The van der Waals surface area contributed by atoms with Crippen LogP contribution in [0.3, 0.4) is 0 Å². The third-order valence-electron chi connectivity index (χ3n) is 3.83. The Bertz CT molecular complexity index is 507. The van der Waals surface area contributed by atoms with Gasteiger partial charge in [0.2, 0.25) is 5.91 Å². The van der Waals surface area contributed by atoms with Crippen molar-refractivity contribution in [2.24, 2.45) is 11.8 Å². The van der Waals surface area contributed by atoms with Crippen molar-refractivity contribution < 1.29 is 9.59 Å². The molecule has 0 saturated carbocycles. The number of rotatable bonds is 4. The quantitative estimate of drug-likeness (QED) is 0.914. The van der Waals surface area contributed by atoms with E-state index in [-0.39, 0.29) is 17.7 Å². The summed E-state index contributed by atoms with van der Waals surface area (Å²) in [5, 5.41) is 6.79. The number of nitrogens with zero attached hydrogens (tertiary/aromatic N) is 3. The zero-order valence-corrected chi connectivity index (χ0v) is 13.6. The summed E-state index contributed by atoms with van der Waals surface area (Å²) >= 11 is 1.13. The normalized spacial score (nSPS) is 16.3. The van der Waals surface area contributed by atoms with Gasteiger partial charge in [0.05, 0.1) is 5.69 Å². The molecular weight excluding hydrogens is 288 g/mol. The topological polar surface area (TPSA) is 75.2 Å². The highest BCUT2D eigenvalue weighted by Gasteiger charge is 2.24. The highest BCUT2D eigenvalue weighted by Crippen LogP contribution is 2.18. The van der Waals surface area contributed by atoms with Gasteiger partial charge in [0.25, 0.3) is 5.91 Å². The van der Waals surface area contributed by atoms with E-state index in [4.69, 9.17) is 0 Å². The summed E-state index contributed by atoms with van der Waals surface area (Å²) in [7, 11) is 0. The van der Waals surface area contributed by atoms with E-state index in [0.29, 0.717) is 23.0 Å². The number of nitrogens with one attached hydrogen (secondary N) is 1. The second-order valence-electron chi connectivity index (χ2n) is 5.82. The molecule has 1 aliphatic rings. The van der Waals surface area contributed by atoms with Crippen LogP contribution in [0.2, 0.25) is 0 Å². The van der Waals surface area contributed by atoms with Crippen LogP contribution in [-0.4, -0.2) is 45.9 Å². The molecule has 1 N–H and O–H groups in total. The molecule has 0 unspecified atom stereocenters. The van der Waals surface area contributed by atoms with Gasteiger partial charge >= 0.3 is 0 Å². The summed E-state index contributed by atoms with van der Waals surface area (Å²) in [6.07, 6.45) is 1.89. The first-order valence-corrected chi connectivity index (χ1v) is 8.12. The minimum absolute atomic E-state index is 0.0584. The van der Waals surface area contributed by atoms with E-state index in [1.54, 1.807) is 6.92 Å². The highest BCUT2D eigenvalue weighted by molar-refractivity contribution is 7.07. The van der Waals surface area contributed by atoms with Crippen molar-refractivity contribution in [3.63, 3.8) is 0 Å². The molecule has 7 heteroatoms. The molecule has 116 valence electrons. The summed E-state index contributed by atoms with van der Waals surface area (Å²) < 4.78 is 3.77. The van der Waals surface area contributed by atoms with Gasteiger partial charge in [0, 0.05) is 25.6 Å². The molecule has 6 nitrogen and oxygen atoms in total. The highest BCUT2D eigenvalue weighted by atomic mass is 32.1. The van der Waals surface area contributed by atoms with Crippen molar-refractivity contribution in [2.75, 3.05) is 19.6 Å². The third-order valence-corrected chi connectivity index (χ3v) is 4.66. The maximum Gasteiger partial charge on any atom is 0.264 e. The molecule has 1 aliphatic heterocycles. The van der Waals surface area contributed by atoms with Crippen LogP contribution < -0.4 is 5.32 Å². The lowest BCUT2D eigenvalue weighted by molar-refractivity contribution is -0.135. The molecule has 1 fully saturated rings. The second kappa shape index (κ2) is 6.98. The molecule has 1 aromatic rings. The Balaban J connectivity index is 1.76. The molecule has 2 rings (SSSR count). The average Bonchev–Trinajstić information content (AvgIpc) is 2.90. The summed E-state index contributed by atoms with van der Waals surface area (Å²) in [6, 6.07) is 0. The molecule has 1 saturated heterocycles. The van der Waals surface area contributed by atoms with E-state index in [1.807, 2.05) is 18.7 Å². The van der Waals surface area contributed by atoms with E-state index in [9.17, 15) is 9.59 Å². The van der Waals surface area contributed by atoms with Gasteiger partial charge in [-0.3, -0.25) is 9.59 Å². The van der Waals surface area contributed by atoms with Crippen LogP contribution in [0.4, 0.5) is 0 Å². The number of likely N-dealkylation sites (tertiary alicyclic amines) is 1. The molecule has 0 aliphatic carbocycles. The fourth-order valence-electron chi connectivity index (χ4n) is 2.48. The Labute approximate surface area is 129 Å². The first-order chi connectivity index (χ1) is 9.99. The van der Waals surface area contributed by atoms with Gasteiger partial charge in [-0.25, -0.2) is 0 Å². The summed E-state index contributed by atoms with van der Waals surface area (Å²) in [4.78, 5) is 26.4. The van der Waals surface area contributed by atoms with Crippen LogP contribution in [0, 0.1) is 18.8 Å². The number of carbonyl (C=O) groups is 2. The van der Waals surface area contributed by atoms with Crippen LogP contribution in [-0.2, 0) is 4.79 Å². The molecule has 0 aromatic carbocycles. The minimum atomic E-state index is -0.0943. The van der Waals surface area contributed by atoms with Gasteiger partial charge in [-0.1, -0.05) is 18.3 Å². The summed E-state index contributed by atoms with van der Waals surface area (Å²) in [6.45, 7) is 7.88. The Hall–Kier alpha value is -1.50. The molecule has 2 amide bonds. The lowest BCUT2D eigenvalue weighted by Gasteiger charge is -2.33. The van der Waals surface area contributed by atoms with Crippen LogP contribution in [0.1, 0.15) is 42.1 Å². The maximum atomic E-state index is 12.0. The van der Waals surface area contributed by atoms with E-state index >= 15 is 0 Å². The molecule has 21 heavy (non-hydrogen) atoms. The average molecular weight is 310 g/mol. The van der Waals surface area contributed by atoms with E-state index in [1.165, 1.54) is 0 Å². The second-order valence-corrected chi connectivity index (χ2v) is 6.57. The number of aromatic nitrogens is 2. The van der Waals surface area contributed by atoms with Gasteiger partial charge in [0.1, 0.15) is 4.88 Å². The molecule has 0 bridgehead atoms. The number of carbonyl (C=O) groups excluding carboxylic acids is 2. The fourth-order valence-corrected chi connectivity index (χ4v) is 3.05. The van der Waals surface area contributed by atoms with Gasteiger partial charge in [-0.2, -0.15) is 0 Å². The summed E-state index contributed by atoms with van der Waals surface area (Å²) in [5.41, 5.74) is 0.676. The lowest BCUT2D eigenvalue weighted by atomic mass is 9.96.